The standard InChI is InChI=1S/C23H27NO8/c1-28-18-11-23-5-3-6-24(23)7-4-13-8-16-17(31-12-30-16)9-14(13)20(23)21(18)32-22(27)15(25)10-19(26)29-2/h8-9,11,15,20-21,25H,3-7,10,12H2,1-2H3/t15?,20-,21-,23+/m1/s1. The predicted molar refractivity (Wildman–Crippen MR) is 110 cm³/mol. The second-order valence-corrected chi connectivity index (χ2v) is 8.62. The highest BCUT2D eigenvalue weighted by Gasteiger charge is 2.58. The van der Waals surface area contributed by atoms with Gasteiger partial charge in [0.05, 0.1) is 32.1 Å². The van der Waals surface area contributed by atoms with Crippen LogP contribution in [0.4, 0.5) is 0 Å². The lowest BCUT2D eigenvalue weighted by atomic mass is 9.77. The van der Waals surface area contributed by atoms with E-state index < -0.39 is 30.6 Å². The summed E-state index contributed by atoms with van der Waals surface area (Å²) in [6, 6.07) is 4.01. The molecular formula is C23H27NO8. The number of aliphatic hydroxyl groups is 1. The number of nitrogens with zero attached hydrogens (tertiary/aromatic N) is 1. The largest absolute Gasteiger partial charge is 0.497 e. The van der Waals surface area contributed by atoms with Crippen LogP contribution in [0, 0.1) is 0 Å². The first-order valence-corrected chi connectivity index (χ1v) is 10.9. The summed E-state index contributed by atoms with van der Waals surface area (Å²) in [5.41, 5.74) is 1.79. The average molecular weight is 445 g/mol. The Morgan fingerprint density at radius 1 is 1.25 bits per heavy atom. The summed E-state index contributed by atoms with van der Waals surface area (Å²) < 4.78 is 27.3. The molecule has 1 unspecified atom stereocenters. The van der Waals surface area contributed by atoms with E-state index in [1.54, 1.807) is 7.11 Å². The van der Waals surface area contributed by atoms with Crippen LogP contribution in [0.2, 0.25) is 0 Å². The van der Waals surface area contributed by atoms with Gasteiger partial charge in [-0.05, 0) is 55.1 Å². The highest BCUT2D eigenvalue weighted by Crippen LogP contribution is 2.55. The van der Waals surface area contributed by atoms with Crippen molar-refractivity contribution in [3.8, 4) is 11.5 Å². The van der Waals surface area contributed by atoms with E-state index in [2.05, 4.69) is 15.7 Å². The lowest BCUT2D eigenvalue weighted by Gasteiger charge is -2.39. The van der Waals surface area contributed by atoms with Gasteiger partial charge in [-0.25, -0.2) is 4.79 Å². The third-order valence-corrected chi connectivity index (χ3v) is 7.07. The molecule has 5 rings (SSSR count). The summed E-state index contributed by atoms with van der Waals surface area (Å²) in [5.74, 6) is 0.143. The van der Waals surface area contributed by atoms with Crippen molar-refractivity contribution in [1.82, 2.24) is 4.90 Å². The summed E-state index contributed by atoms with van der Waals surface area (Å²) >= 11 is 0. The maximum Gasteiger partial charge on any atom is 0.336 e. The Labute approximate surface area is 185 Å². The number of hydrogen-bond acceptors (Lipinski definition) is 9. The van der Waals surface area contributed by atoms with Crippen molar-refractivity contribution >= 4 is 11.9 Å². The van der Waals surface area contributed by atoms with Gasteiger partial charge in [0, 0.05) is 6.54 Å². The zero-order chi connectivity index (χ0) is 22.5. The van der Waals surface area contributed by atoms with Crippen LogP contribution < -0.4 is 9.47 Å². The molecule has 4 aliphatic rings. The molecule has 0 radical (unpaired) electrons. The molecule has 0 aromatic heterocycles. The lowest BCUT2D eigenvalue weighted by molar-refractivity contribution is -0.164. The first kappa shape index (κ1) is 21.1. The fourth-order valence-corrected chi connectivity index (χ4v) is 5.62. The molecule has 172 valence electrons. The maximum absolute atomic E-state index is 12.7. The van der Waals surface area contributed by atoms with Gasteiger partial charge in [0.25, 0.3) is 0 Å². The van der Waals surface area contributed by atoms with Gasteiger partial charge in [0.1, 0.15) is 5.76 Å². The molecule has 9 nitrogen and oxygen atoms in total. The molecule has 32 heavy (non-hydrogen) atoms. The Bertz CT molecular complexity index is 975. The minimum atomic E-state index is -1.61. The van der Waals surface area contributed by atoms with Crippen LogP contribution in [0.1, 0.15) is 36.3 Å². The number of carbonyl (C=O) groups is 2. The molecule has 1 fully saturated rings. The number of rotatable bonds is 5. The number of esters is 2. The normalized spacial score (nSPS) is 28.7. The Kier molecular flexibility index (Phi) is 5.25. The van der Waals surface area contributed by atoms with Gasteiger partial charge < -0.3 is 28.8 Å². The van der Waals surface area contributed by atoms with Crippen molar-refractivity contribution in [1.29, 1.82) is 0 Å². The zero-order valence-corrected chi connectivity index (χ0v) is 18.2. The second kappa shape index (κ2) is 7.97. The maximum atomic E-state index is 12.7. The molecule has 1 aliphatic carbocycles. The van der Waals surface area contributed by atoms with Gasteiger partial charge in [0.15, 0.2) is 23.7 Å². The third kappa shape index (κ3) is 3.22. The Morgan fingerprint density at radius 3 is 2.78 bits per heavy atom. The predicted octanol–water partition coefficient (Wildman–Crippen LogP) is 1.27. The summed E-state index contributed by atoms with van der Waals surface area (Å²) in [4.78, 5) is 26.7. The third-order valence-electron chi connectivity index (χ3n) is 7.07. The van der Waals surface area contributed by atoms with Crippen LogP contribution in [0.15, 0.2) is 24.0 Å². The van der Waals surface area contributed by atoms with Gasteiger partial charge in [-0.2, -0.15) is 0 Å². The van der Waals surface area contributed by atoms with Gasteiger partial charge in [-0.3, -0.25) is 9.69 Å². The van der Waals surface area contributed by atoms with E-state index in [0.717, 1.165) is 49.2 Å². The van der Waals surface area contributed by atoms with E-state index in [4.69, 9.17) is 18.9 Å². The van der Waals surface area contributed by atoms with Crippen LogP contribution in [0.25, 0.3) is 0 Å². The number of carbonyl (C=O) groups excluding carboxylic acids is 2. The molecule has 0 bridgehead atoms. The molecular weight excluding hydrogens is 418 g/mol. The van der Waals surface area contributed by atoms with Crippen molar-refractivity contribution in [2.24, 2.45) is 0 Å². The number of aliphatic hydroxyl groups excluding tert-OH is 1. The van der Waals surface area contributed by atoms with Crippen molar-refractivity contribution in [3.63, 3.8) is 0 Å². The number of ether oxygens (including phenoxy) is 5. The molecule has 1 aromatic carbocycles. The number of fused-ring (bicyclic) bond motifs is 3. The summed E-state index contributed by atoms with van der Waals surface area (Å²) in [6.07, 6.45) is 2.02. The molecule has 1 N–H and O–H groups in total. The highest BCUT2D eigenvalue weighted by atomic mass is 16.7. The zero-order valence-electron chi connectivity index (χ0n) is 18.2. The van der Waals surface area contributed by atoms with E-state index >= 15 is 0 Å². The molecule has 9 heteroatoms. The Balaban J connectivity index is 1.54. The average Bonchev–Trinajstić information content (AvgIpc) is 3.47. The molecule has 1 aromatic rings. The van der Waals surface area contributed by atoms with E-state index in [1.165, 1.54) is 7.11 Å². The number of methoxy groups -OCH3 is 2. The smallest absolute Gasteiger partial charge is 0.336 e. The van der Waals surface area contributed by atoms with Crippen molar-refractivity contribution < 1.29 is 38.4 Å². The van der Waals surface area contributed by atoms with Crippen LogP contribution in [0.5, 0.6) is 11.5 Å². The van der Waals surface area contributed by atoms with Crippen LogP contribution in [-0.4, -0.2) is 73.8 Å². The fourth-order valence-electron chi connectivity index (χ4n) is 5.62. The summed E-state index contributed by atoms with van der Waals surface area (Å²) in [6.45, 7) is 1.98. The van der Waals surface area contributed by atoms with Gasteiger partial charge in [-0.1, -0.05) is 0 Å². The number of hydrogen-bond donors (Lipinski definition) is 1. The first-order valence-electron chi connectivity index (χ1n) is 10.9. The van der Waals surface area contributed by atoms with E-state index in [0.29, 0.717) is 11.5 Å². The SMILES string of the molecule is COC(=O)CC(O)C(=O)O[C@@H]1C(OC)=C[C@]23CCCN2CCc2cc4c(cc2[C@H]13)OCO4. The summed E-state index contributed by atoms with van der Waals surface area (Å²) in [5, 5.41) is 10.2. The van der Waals surface area contributed by atoms with Crippen molar-refractivity contribution in [2.45, 2.75) is 49.3 Å². The van der Waals surface area contributed by atoms with Gasteiger partial charge in [0.2, 0.25) is 6.79 Å². The Morgan fingerprint density at radius 2 is 2.03 bits per heavy atom. The van der Waals surface area contributed by atoms with E-state index in [1.807, 2.05) is 12.1 Å². The summed E-state index contributed by atoms with van der Waals surface area (Å²) in [7, 11) is 2.76. The number of benzene rings is 1. The topological polar surface area (TPSA) is 104 Å². The monoisotopic (exact) mass is 445 g/mol. The van der Waals surface area contributed by atoms with Crippen LogP contribution in [-0.2, 0) is 30.2 Å². The molecule has 3 heterocycles. The molecule has 3 aliphatic heterocycles. The van der Waals surface area contributed by atoms with Crippen molar-refractivity contribution in [2.75, 3.05) is 34.1 Å². The fraction of sp³-hybridized carbons (Fsp3) is 0.565. The molecule has 0 saturated carbocycles. The molecule has 4 atom stereocenters. The lowest BCUT2D eigenvalue weighted by Crippen LogP contribution is -2.47. The second-order valence-electron chi connectivity index (χ2n) is 8.62. The van der Waals surface area contributed by atoms with Gasteiger partial charge in [-0.15, -0.1) is 0 Å². The minimum absolute atomic E-state index is 0.180. The molecule has 1 spiro atoms. The van der Waals surface area contributed by atoms with E-state index in [-0.39, 0.29) is 18.2 Å². The highest BCUT2D eigenvalue weighted by molar-refractivity contribution is 5.82. The minimum Gasteiger partial charge on any atom is -0.497 e. The quantitative estimate of drug-likeness (QED) is 0.671. The molecule has 1 saturated heterocycles. The van der Waals surface area contributed by atoms with Crippen molar-refractivity contribution in [3.05, 3.63) is 35.1 Å². The van der Waals surface area contributed by atoms with Gasteiger partial charge >= 0.3 is 11.9 Å². The molecule has 0 amide bonds. The van der Waals surface area contributed by atoms with E-state index in [9.17, 15) is 14.7 Å². The van der Waals surface area contributed by atoms with Crippen LogP contribution >= 0.6 is 0 Å². The first-order chi connectivity index (χ1) is 15.5. The van der Waals surface area contributed by atoms with Crippen LogP contribution in [0.3, 0.4) is 0 Å². The Hall–Kier alpha value is -2.78.